The Morgan fingerprint density at radius 3 is 2.18 bits per heavy atom. The topological polar surface area (TPSA) is 9.23 Å². The Hall–Kier alpha value is -0.198. The van der Waals surface area contributed by atoms with Crippen molar-refractivity contribution in [3.05, 3.63) is 0 Å². The predicted octanol–water partition coefficient (Wildman–Crippen LogP) is 5.64. The second-order valence-corrected chi connectivity index (χ2v) is 14.5. The molecule has 2 aliphatic heterocycles. The molecule has 2 heterocycles. The molecule has 0 radical (unpaired) electrons. The summed E-state index contributed by atoms with van der Waals surface area (Å²) in [6.07, 6.45) is 15.1. The maximum Gasteiger partial charge on any atom is 0.297 e. The van der Waals surface area contributed by atoms with Crippen LogP contribution in [0.15, 0.2) is 0 Å². The van der Waals surface area contributed by atoms with Crippen molar-refractivity contribution in [3.8, 4) is 12.3 Å². The molecule has 22 heavy (non-hydrogen) atoms. The van der Waals surface area contributed by atoms with Gasteiger partial charge in [0.15, 0.2) is 0 Å². The maximum absolute atomic E-state index is 6.82. The van der Waals surface area contributed by atoms with E-state index in [0.29, 0.717) is 12.8 Å². The molecule has 1 nitrogen and oxygen atoms in total. The fourth-order valence-electron chi connectivity index (χ4n) is 4.98. The quantitative estimate of drug-likeness (QED) is 0.470. The molecule has 0 N–H and O–H groups in total. The van der Waals surface area contributed by atoms with Crippen LogP contribution in [0, 0.1) is 24.2 Å². The summed E-state index contributed by atoms with van der Waals surface area (Å²) >= 11 is 0. The molecular weight excluding hydrogens is 283 g/mol. The summed E-state index contributed by atoms with van der Waals surface area (Å²) in [5.74, 6) is 5.06. The zero-order valence-electron chi connectivity index (χ0n) is 15.4. The number of hydrogen-bond donors (Lipinski definition) is 0. The van der Waals surface area contributed by atoms with Gasteiger partial charge in [0.05, 0.1) is 6.10 Å². The highest BCUT2D eigenvalue weighted by Gasteiger charge is 2.49. The lowest BCUT2D eigenvalue weighted by Crippen LogP contribution is -2.47. The molecule has 2 atom stereocenters. The van der Waals surface area contributed by atoms with Crippen LogP contribution >= 0.6 is 0 Å². The van der Waals surface area contributed by atoms with E-state index < -0.39 is 8.07 Å². The normalized spacial score (nSPS) is 30.8. The van der Waals surface area contributed by atoms with E-state index in [0.717, 1.165) is 23.6 Å². The highest BCUT2D eigenvalue weighted by Crippen LogP contribution is 2.51. The van der Waals surface area contributed by atoms with E-state index >= 15 is 0 Å². The molecule has 0 aliphatic carbocycles. The molecule has 2 unspecified atom stereocenters. The molecule has 3 heteroatoms. The first-order valence-electron chi connectivity index (χ1n) is 9.43. The van der Waals surface area contributed by atoms with Crippen molar-refractivity contribution in [2.24, 2.45) is 11.8 Å². The zero-order valence-corrected chi connectivity index (χ0v) is 16.4. The molecule has 2 saturated heterocycles. The SMILES string of the molecule is C#CCC(OB1C2CCCC(CCC2)C1[Si](C)(C)C)C(C)C. The number of terminal acetylenes is 1. The van der Waals surface area contributed by atoms with E-state index in [1.54, 1.807) is 0 Å². The average Bonchev–Trinajstić information content (AvgIpc) is 2.65. The van der Waals surface area contributed by atoms with Gasteiger partial charge in [0.25, 0.3) is 6.92 Å². The Kier molecular flexibility index (Phi) is 6.25. The van der Waals surface area contributed by atoms with Gasteiger partial charge in [0, 0.05) is 14.5 Å². The van der Waals surface area contributed by atoms with Crippen molar-refractivity contribution in [2.45, 2.75) is 95.8 Å². The molecule has 0 amide bonds. The van der Waals surface area contributed by atoms with Crippen LogP contribution in [0.5, 0.6) is 0 Å². The summed E-state index contributed by atoms with van der Waals surface area (Å²) in [5, 5.41) is 0. The number of hydrogen-bond acceptors (Lipinski definition) is 1. The molecule has 2 rings (SSSR count). The molecule has 0 aromatic rings. The molecule has 124 valence electrons. The van der Waals surface area contributed by atoms with Crippen LogP contribution in [-0.4, -0.2) is 21.1 Å². The number of fused-ring (bicyclic) bond motifs is 3. The van der Waals surface area contributed by atoms with E-state index in [-0.39, 0.29) is 6.10 Å². The molecule has 2 aliphatic rings. The minimum absolute atomic E-state index is 0.244. The fourth-order valence-corrected chi connectivity index (χ4v) is 8.06. The van der Waals surface area contributed by atoms with Gasteiger partial charge in [0.1, 0.15) is 0 Å². The van der Waals surface area contributed by atoms with Crippen molar-refractivity contribution >= 4 is 15.0 Å². The third-order valence-corrected chi connectivity index (χ3v) is 8.82. The lowest BCUT2D eigenvalue weighted by Gasteiger charge is -2.40. The third kappa shape index (κ3) is 4.20. The van der Waals surface area contributed by atoms with E-state index in [1.807, 2.05) is 0 Å². The van der Waals surface area contributed by atoms with Gasteiger partial charge in [-0.1, -0.05) is 72.0 Å². The molecule has 0 saturated carbocycles. The molecule has 0 aromatic heterocycles. The Balaban J connectivity index is 2.28. The van der Waals surface area contributed by atoms with E-state index in [4.69, 9.17) is 11.1 Å². The Labute approximate surface area is 140 Å². The van der Waals surface area contributed by atoms with E-state index in [9.17, 15) is 0 Å². The standard InChI is InChI=1S/C19H35BOSi/c1-7-10-18(15(2)3)21-20-17-13-8-11-16(12-9-14-17)19(20)22(4,5)6/h1,15-19H,8-14H2,2-6H3. The minimum atomic E-state index is -1.24. The van der Waals surface area contributed by atoms with Gasteiger partial charge in [-0.2, -0.15) is 0 Å². The van der Waals surface area contributed by atoms with Gasteiger partial charge in [0.2, 0.25) is 0 Å². The van der Waals surface area contributed by atoms with Crippen molar-refractivity contribution < 1.29 is 4.65 Å². The second kappa shape index (κ2) is 7.58. The van der Waals surface area contributed by atoms with Gasteiger partial charge in [-0.05, 0) is 23.1 Å². The summed E-state index contributed by atoms with van der Waals surface area (Å²) in [7, 11) is -1.24. The average molecular weight is 318 g/mol. The first-order valence-corrected chi connectivity index (χ1v) is 13.0. The van der Waals surface area contributed by atoms with Gasteiger partial charge in [-0.3, -0.25) is 0 Å². The molecule has 2 bridgehead atoms. The third-order valence-electron chi connectivity index (χ3n) is 6.02. The number of rotatable bonds is 5. The highest BCUT2D eigenvalue weighted by atomic mass is 28.3. The molecular formula is C19H35BOSi. The van der Waals surface area contributed by atoms with Crippen LogP contribution in [0.1, 0.15) is 58.8 Å². The van der Waals surface area contributed by atoms with Crippen LogP contribution in [-0.2, 0) is 4.65 Å². The summed E-state index contributed by atoms with van der Waals surface area (Å²) in [6.45, 7) is 12.7. The van der Waals surface area contributed by atoms with Crippen molar-refractivity contribution in [2.75, 3.05) is 0 Å². The van der Waals surface area contributed by atoms with Gasteiger partial charge in [-0.15, -0.1) is 12.3 Å². The second-order valence-electron chi connectivity index (χ2n) is 9.07. The Bertz CT molecular complexity index is 385. The smallest absolute Gasteiger partial charge is 0.297 e. The van der Waals surface area contributed by atoms with Gasteiger partial charge in [-0.25, -0.2) is 0 Å². The summed E-state index contributed by atoms with van der Waals surface area (Å²) in [4.78, 5) is 0. The van der Waals surface area contributed by atoms with Crippen LogP contribution in [0.3, 0.4) is 0 Å². The summed E-state index contributed by atoms with van der Waals surface area (Å²) < 4.78 is 6.82. The largest absolute Gasteiger partial charge is 0.432 e. The molecule has 2 fully saturated rings. The first kappa shape index (κ1) is 18.1. The first-order chi connectivity index (χ1) is 10.3. The van der Waals surface area contributed by atoms with Crippen LogP contribution in [0.4, 0.5) is 0 Å². The fraction of sp³-hybridized carbons (Fsp3) is 0.895. The van der Waals surface area contributed by atoms with Gasteiger partial charge >= 0.3 is 0 Å². The molecule has 0 aromatic carbocycles. The highest BCUT2D eigenvalue weighted by molar-refractivity contribution is 6.88. The van der Waals surface area contributed by atoms with Crippen molar-refractivity contribution in [1.29, 1.82) is 0 Å². The van der Waals surface area contributed by atoms with Crippen molar-refractivity contribution in [1.82, 2.24) is 0 Å². The predicted molar refractivity (Wildman–Crippen MR) is 101 cm³/mol. The van der Waals surface area contributed by atoms with Crippen LogP contribution in [0.2, 0.25) is 30.9 Å². The van der Waals surface area contributed by atoms with Gasteiger partial charge < -0.3 is 4.65 Å². The summed E-state index contributed by atoms with van der Waals surface area (Å²) in [5.41, 5.74) is 0.821. The lowest BCUT2D eigenvalue weighted by atomic mass is 9.50. The van der Waals surface area contributed by atoms with Crippen LogP contribution < -0.4 is 0 Å². The van der Waals surface area contributed by atoms with E-state index in [1.165, 1.54) is 38.5 Å². The van der Waals surface area contributed by atoms with Crippen LogP contribution in [0.25, 0.3) is 0 Å². The zero-order chi connectivity index (χ0) is 16.3. The maximum atomic E-state index is 6.82. The Morgan fingerprint density at radius 2 is 1.73 bits per heavy atom. The Morgan fingerprint density at radius 1 is 1.14 bits per heavy atom. The lowest BCUT2D eigenvalue weighted by molar-refractivity contribution is 0.148. The monoisotopic (exact) mass is 318 g/mol. The molecule has 0 spiro atoms. The summed E-state index contributed by atoms with van der Waals surface area (Å²) in [6, 6.07) is 0. The van der Waals surface area contributed by atoms with Crippen molar-refractivity contribution in [3.63, 3.8) is 0 Å². The van der Waals surface area contributed by atoms with E-state index in [2.05, 4.69) is 39.4 Å². The minimum Gasteiger partial charge on any atom is -0.432 e.